The van der Waals surface area contributed by atoms with Crippen LogP contribution >= 0.6 is 0 Å². The normalized spacial score (nSPS) is 10.9. The molecule has 0 saturated heterocycles. The Bertz CT molecular complexity index is 549. The number of hydrogen-bond donors (Lipinski definition) is 0. The SMILES string of the molecule is CC(C)=CCC/C(C)=C/COC(=O)c1ccccc1C=O. The molecule has 0 aliphatic heterocycles. The van der Waals surface area contributed by atoms with Gasteiger partial charge in [0.05, 0.1) is 5.56 Å². The molecule has 112 valence electrons. The zero-order valence-corrected chi connectivity index (χ0v) is 12.9. The Kier molecular flexibility index (Phi) is 7.16. The van der Waals surface area contributed by atoms with E-state index in [4.69, 9.17) is 4.74 Å². The summed E-state index contributed by atoms with van der Waals surface area (Å²) in [5.41, 5.74) is 3.15. The minimum Gasteiger partial charge on any atom is -0.458 e. The van der Waals surface area contributed by atoms with Gasteiger partial charge in [-0.15, -0.1) is 0 Å². The third-order valence-corrected chi connectivity index (χ3v) is 3.05. The van der Waals surface area contributed by atoms with Crippen LogP contribution in [0.15, 0.2) is 47.6 Å². The largest absolute Gasteiger partial charge is 0.458 e. The molecule has 0 amide bonds. The predicted molar refractivity (Wildman–Crippen MR) is 84.5 cm³/mol. The summed E-state index contributed by atoms with van der Waals surface area (Å²) in [5.74, 6) is -0.467. The van der Waals surface area contributed by atoms with Crippen molar-refractivity contribution < 1.29 is 14.3 Å². The van der Waals surface area contributed by atoms with Gasteiger partial charge < -0.3 is 4.74 Å². The quantitative estimate of drug-likeness (QED) is 0.425. The van der Waals surface area contributed by atoms with Crippen LogP contribution in [-0.4, -0.2) is 18.9 Å². The Balaban J connectivity index is 2.49. The fourth-order valence-corrected chi connectivity index (χ4v) is 1.81. The van der Waals surface area contributed by atoms with Crippen molar-refractivity contribution in [3.05, 3.63) is 58.7 Å². The van der Waals surface area contributed by atoms with Crippen molar-refractivity contribution in [3.63, 3.8) is 0 Å². The van der Waals surface area contributed by atoms with Gasteiger partial charge in [0.25, 0.3) is 0 Å². The molecule has 0 atom stereocenters. The second kappa shape index (κ2) is 8.90. The number of allylic oxidation sites excluding steroid dienone is 3. The van der Waals surface area contributed by atoms with Crippen molar-refractivity contribution in [2.45, 2.75) is 33.6 Å². The number of rotatable bonds is 7. The first-order valence-corrected chi connectivity index (χ1v) is 7.05. The monoisotopic (exact) mass is 286 g/mol. The second-order valence-corrected chi connectivity index (χ2v) is 5.17. The average Bonchev–Trinajstić information content (AvgIpc) is 2.46. The molecule has 0 unspecified atom stereocenters. The van der Waals surface area contributed by atoms with Crippen molar-refractivity contribution in [1.82, 2.24) is 0 Å². The van der Waals surface area contributed by atoms with Crippen molar-refractivity contribution in [1.29, 1.82) is 0 Å². The zero-order chi connectivity index (χ0) is 15.7. The van der Waals surface area contributed by atoms with Gasteiger partial charge in [-0.3, -0.25) is 4.79 Å². The van der Waals surface area contributed by atoms with Crippen molar-refractivity contribution in [2.75, 3.05) is 6.61 Å². The van der Waals surface area contributed by atoms with Crippen LogP contribution in [-0.2, 0) is 4.74 Å². The summed E-state index contributed by atoms with van der Waals surface area (Å²) in [4.78, 5) is 22.8. The number of ether oxygens (including phenoxy) is 1. The highest BCUT2D eigenvalue weighted by molar-refractivity contribution is 5.98. The highest BCUT2D eigenvalue weighted by Crippen LogP contribution is 2.09. The molecule has 0 fully saturated rings. The van der Waals surface area contributed by atoms with Crippen molar-refractivity contribution in [2.24, 2.45) is 0 Å². The molecule has 0 bridgehead atoms. The summed E-state index contributed by atoms with van der Waals surface area (Å²) in [7, 11) is 0. The van der Waals surface area contributed by atoms with Gasteiger partial charge >= 0.3 is 5.97 Å². The van der Waals surface area contributed by atoms with E-state index in [1.807, 2.05) is 13.0 Å². The van der Waals surface area contributed by atoms with E-state index in [-0.39, 0.29) is 6.61 Å². The highest BCUT2D eigenvalue weighted by Gasteiger charge is 2.10. The molecule has 3 nitrogen and oxygen atoms in total. The summed E-state index contributed by atoms with van der Waals surface area (Å²) in [6.07, 6.45) is 6.70. The lowest BCUT2D eigenvalue weighted by Crippen LogP contribution is -2.08. The standard InChI is InChI=1S/C18H22O3/c1-14(2)7-6-8-15(3)11-12-21-18(20)17-10-5-4-9-16(17)13-19/h4-5,7,9-11,13H,6,8,12H2,1-3H3/b15-11+. The van der Waals surface area contributed by atoms with Gasteiger partial charge in [-0.1, -0.05) is 35.4 Å². The van der Waals surface area contributed by atoms with Gasteiger partial charge in [0, 0.05) is 5.56 Å². The molecule has 21 heavy (non-hydrogen) atoms. The fraction of sp³-hybridized carbons (Fsp3) is 0.333. The summed E-state index contributed by atoms with van der Waals surface area (Å²) in [6, 6.07) is 6.62. The highest BCUT2D eigenvalue weighted by atomic mass is 16.5. The number of benzene rings is 1. The molecule has 0 N–H and O–H groups in total. The molecular formula is C18H22O3. The maximum Gasteiger partial charge on any atom is 0.339 e. The van der Waals surface area contributed by atoms with Gasteiger partial charge in [0.1, 0.15) is 6.61 Å². The zero-order valence-electron chi connectivity index (χ0n) is 12.9. The molecule has 1 rings (SSSR count). The molecule has 0 saturated carbocycles. The van der Waals surface area contributed by atoms with Crippen LogP contribution in [0.1, 0.15) is 54.3 Å². The number of hydrogen-bond acceptors (Lipinski definition) is 3. The van der Waals surface area contributed by atoms with Crippen LogP contribution < -0.4 is 0 Å². The average molecular weight is 286 g/mol. The maximum atomic E-state index is 11.9. The smallest absolute Gasteiger partial charge is 0.339 e. The molecule has 0 aliphatic carbocycles. The van der Waals surface area contributed by atoms with Gasteiger partial charge in [-0.2, -0.15) is 0 Å². The molecule has 0 radical (unpaired) electrons. The van der Waals surface area contributed by atoms with E-state index in [1.54, 1.807) is 24.3 Å². The van der Waals surface area contributed by atoms with Crippen LogP contribution in [0.4, 0.5) is 0 Å². The molecule has 0 heterocycles. The van der Waals surface area contributed by atoms with Crippen LogP contribution in [0.5, 0.6) is 0 Å². The van der Waals surface area contributed by atoms with Crippen molar-refractivity contribution in [3.8, 4) is 0 Å². The van der Waals surface area contributed by atoms with Gasteiger partial charge in [0.2, 0.25) is 0 Å². The number of esters is 1. The number of carbonyl (C=O) groups is 2. The Morgan fingerprint density at radius 2 is 1.86 bits per heavy atom. The Hall–Kier alpha value is -2.16. The first-order chi connectivity index (χ1) is 10.0. The van der Waals surface area contributed by atoms with E-state index < -0.39 is 5.97 Å². The topological polar surface area (TPSA) is 43.4 Å². The predicted octanol–water partition coefficient (Wildman–Crippen LogP) is 4.35. The lowest BCUT2D eigenvalue weighted by Gasteiger charge is -2.05. The van der Waals surface area contributed by atoms with Gasteiger partial charge in [-0.05, 0) is 45.8 Å². The summed E-state index contributed by atoms with van der Waals surface area (Å²) < 4.78 is 5.18. The molecule has 0 spiro atoms. The van der Waals surface area contributed by atoms with E-state index in [0.717, 1.165) is 12.8 Å². The molecule has 0 aromatic heterocycles. The van der Waals surface area contributed by atoms with Gasteiger partial charge in [0.15, 0.2) is 6.29 Å². The number of aldehydes is 1. The number of carbonyl (C=O) groups excluding carboxylic acids is 2. The molecule has 0 aliphatic rings. The summed E-state index contributed by atoms with van der Waals surface area (Å²) in [6.45, 7) is 6.40. The lowest BCUT2D eigenvalue weighted by molar-refractivity contribution is 0.0546. The van der Waals surface area contributed by atoms with Gasteiger partial charge in [-0.25, -0.2) is 4.79 Å². The van der Waals surface area contributed by atoms with E-state index in [1.165, 1.54) is 11.1 Å². The lowest BCUT2D eigenvalue weighted by atomic mass is 10.1. The third-order valence-electron chi connectivity index (χ3n) is 3.05. The van der Waals surface area contributed by atoms with Crippen LogP contribution in [0.3, 0.4) is 0 Å². The molecule has 3 heteroatoms. The Morgan fingerprint density at radius 1 is 1.14 bits per heavy atom. The van der Waals surface area contributed by atoms with Crippen LogP contribution in [0, 0.1) is 0 Å². The summed E-state index contributed by atoms with van der Waals surface area (Å²) >= 11 is 0. The van der Waals surface area contributed by atoms with E-state index >= 15 is 0 Å². The summed E-state index contributed by atoms with van der Waals surface area (Å²) in [5, 5.41) is 0. The van der Waals surface area contributed by atoms with Crippen LogP contribution in [0.25, 0.3) is 0 Å². The third kappa shape index (κ3) is 6.21. The molecule has 1 aromatic carbocycles. The van der Waals surface area contributed by atoms with Crippen LogP contribution in [0.2, 0.25) is 0 Å². The van der Waals surface area contributed by atoms with E-state index in [9.17, 15) is 9.59 Å². The fourth-order valence-electron chi connectivity index (χ4n) is 1.81. The Morgan fingerprint density at radius 3 is 2.52 bits per heavy atom. The first-order valence-electron chi connectivity index (χ1n) is 7.05. The molecular weight excluding hydrogens is 264 g/mol. The molecule has 1 aromatic rings. The van der Waals surface area contributed by atoms with E-state index in [2.05, 4.69) is 19.9 Å². The minimum absolute atomic E-state index is 0.229. The minimum atomic E-state index is -0.467. The van der Waals surface area contributed by atoms with E-state index in [0.29, 0.717) is 17.4 Å². The first kappa shape index (κ1) is 16.9. The second-order valence-electron chi connectivity index (χ2n) is 5.17. The van der Waals surface area contributed by atoms with Crippen molar-refractivity contribution >= 4 is 12.3 Å². The Labute approximate surface area is 126 Å². The maximum absolute atomic E-state index is 11.9.